The molecule has 200 valence electrons. The van der Waals surface area contributed by atoms with Gasteiger partial charge >= 0.3 is 5.97 Å². The molecule has 1 aromatic carbocycles. The summed E-state index contributed by atoms with van der Waals surface area (Å²) in [7, 11) is 1.80. The van der Waals surface area contributed by atoms with E-state index in [1.165, 1.54) is 0 Å². The van der Waals surface area contributed by atoms with Gasteiger partial charge in [-0.05, 0) is 76.8 Å². The van der Waals surface area contributed by atoms with Gasteiger partial charge in [-0.3, -0.25) is 9.36 Å². The van der Waals surface area contributed by atoms with Crippen LogP contribution in [0.15, 0.2) is 35.1 Å². The molecule has 0 spiro atoms. The van der Waals surface area contributed by atoms with Gasteiger partial charge in [0.2, 0.25) is 0 Å². The van der Waals surface area contributed by atoms with E-state index < -0.39 is 5.97 Å². The standard InChI is InChI=1S/C29H29ClN6O3/c1-14-8-18(16(3)32-20-6-7-22(30)34-24(20)26(38)39)23-19(9-14)25(37)36(5)27(35-23)29-11-28(12-29,13-29)21-10-15(2)31-17(4)33-21/h6-10,16,32H,11-13H2,1-5H3,(H,38,39)/t16-,28?,29?/m1/s1. The Morgan fingerprint density at radius 1 is 1.05 bits per heavy atom. The molecular weight excluding hydrogens is 516 g/mol. The molecule has 9 nitrogen and oxygen atoms in total. The molecule has 3 heterocycles. The summed E-state index contributed by atoms with van der Waals surface area (Å²) in [6.45, 7) is 7.77. The molecule has 7 rings (SSSR count). The van der Waals surface area contributed by atoms with Gasteiger partial charge < -0.3 is 10.4 Å². The van der Waals surface area contributed by atoms with E-state index in [0.717, 1.165) is 53.4 Å². The predicted molar refractivity (Wildman–Crippen MR) is 149 cm³/mol. The van der Waals surface area contributed by atoms with E-state index in [2.05, 4.69) is 21.4 Å². The number of rotatable bonds is 6. The van der Waals surface area contributed by atoms with Crippen LogP contribution in [-0.4, -0.2) is 35.6 Å². The second-order valence-corrected chi connectivity index (χ2v) is 11.7. The van der Waals surface area contributed by atoms with Gasteiger partial charge in [0, 0.05) is 29.1 Å². The van der Waals surface area contributed by atoms with E-state index in [0.29, 0.717) is 16.6 Å². The maximum absolute atomic E-state index is 13.6. The Kier molecular flexibility index (Phi) is 5.59. The van der Waals surface area contributed by atoms with Crippen LogP contribution in [0.1, 0.15) is 76.9 Å². The summed E-state index contributed by atoms with van der Waals surface area (Å²) < 4.78 is 1.70. The summed E-state index contributed by atoms with van der Waals surface area (Å²) in [5.74, 6) is 0.395. The van der Waals surface area contributed by atoms with E-state index in [-0.39, 0.29) is 33.3 Å². The molecule has 3 saturated carbocycles. The number of nitrogens with one attached hydrogen (secondary N) is 1. The average Bonchev–Trinajstić information content (AvgIpc) is 2.81. The number of aryl methyl sites for hydroxylation is 3. The molecule has 3 aliphatic carbocycles. The van der Waals surface area contributed by atoms with Gasteiger partial charge in [-0.2, -0.15) is 0 Å². The van der Waals surface area contributed by atoms with Crippen LogP contribution >= 0.6 is 11.6 Å². The third-order valence-electron chi connectivity index (χ3n) is 8.27. The number of benzene rings is 1. The van der Waals surface area contributed by atoms with Crippen molar-refractivity contribution in [3.63, 3.8) is 0 Å². The molecule has 0 unspecified atom stereocenters. The van der Waals surface area contributed by atoms with Gasteiger partial charge in [0.1, 0.15) is 16.8 Å². The fourth-order valence-electron chi connectivity index (χ4n) is 6.67. The Balaban J connectivity index is 1.40. The molecule has 3 fully saturated rings. The lowest BCUT2D eigenvalue weighted by molar-refractivity contribution is -0.0808. The highest BCUT2D eigenvalue weighted by Gasteiger charge is 2.71. The number of carboxylic acid groups (broad SMARTS) is 1. The zero-order valence-corrected chi connectivity index (χ0v) is 23.2. The molecule has 0 aliphatic heterocycles. The van der Waals surface area contributed by atoms with Crippen LogP contribution in [-0.2, 0) is 17.9 Å². The van der Waals surface area contributed by atoms with Crippen molar-refractivity contribution in [2.75, 3.05) is 5.32 Å². The zero-order chi connectivity index (χ0) is 27.9. The fourth-order valence-corrected chi connectivity index (χ4v) is 6.82. The molecule has 2 bridgehead atoms. The molecule has 0 amide bonds. The molecule has 2 N–H and O–H groups in total. The van der Waals surface area contributed by atoms with Crippen LogP contribution in [0.4, 0.5) is 5.69 Å². The minimum absolute atomic E-state index is 0.0188. The largest absolute Gasteiger partial charge is 0.476 e. The van der Waals surface area contributed by atoms with Crippen molar-refractivity contribution < 1.29 is 9.90 Å². The number of hydrogen-bond acceptors (Lipinski definition) is 7. The summed E-state index contributed by atoms with van der Waals surface area (Å²) in [6.07, 6.45) is 2.69. The minimum Gasteiger partial charge on any atom is -0.476 e. The molecule has 0 saturated heterocycles. The van der Waals surface area contributed by atoms with Crippen LogP contribution < -0.4 is 10.9 Å². The lowest BCUT2D eigenvalue weighted by atomic mass is 9.34. The minimum atomic E-state index is -1.18. The van der Waals surface area contributed by atoms with Crippen molar-refractivity contribution in [1.82, 2.24) is 24.5 Å². The van der Waals surface area contributed by atoms with Crippen molar-refractivity contribution in [2.45, 2.75) is 63.8 Å². The van der Waals surface area contributed by atoms with Crippen LogP contribution in [0.2, 0.25) is 5.15 Å². The van der Waals surface area contributed by atoms with Gasteiger partial charge in [-0.25, -0.2) is 24.7 Å². The monoisotopic (exact) mass is 544 g/mol. The molecule has 1 atom stereocenters. The highest BCUT2D eigenvalue weighted by molar-refractivity contribution is 6.29. The van der Waals surface area contributed by atoms with Gasteiger partial charge in [-0.1, -0.05) is 17.7 Å². The number of halogens is 1. The Morgan fingerprint density at radius 2 is 1.77 bits per heavy atom. The molecule has 4 aromatic rings. The van der Waals surface area contributed by atoms with E-state index in [9.17, 15) is 14.7 Å². The first-order chi connectivity index (χ1) is 18.4. The number of carbonyl (C=O) groups is 1. The third kappa shape index (κ3) is 3.90. The smallest absolute Gasteiger partial charge is 0.356 e. The van der Waals surface area contributed by atoms with E-state index in [1.807, 2.05) is 39.8 Å². The van der Waals surface area contributed by atoms with Crippen LogP contribution in [0.25, 0.3) is 10.9 Å². The van der Waals surface area contributed by atoms with Gasteiger partial charge in [0.05, 0.1) is 28.3 Å². The SMILES string of the molecule is Cc1cc([C@@H](C)Nc2ccc(Cl)nc2C(=O)O)c2nc(C34CC(c5cc(C)nc(C)n5)(C3)C4)n(C)c(=O)c2c1. The van der Waals surface area contributed by atoms with Gasteiger partial charge in [0.15, 0.2) is 5.69 Å². The Labute approximate surface area is 230 Å². The summed E-state index contributed by atoms with van der Waals surface area (Å²) in [5.41, 5.74) is 4.37. The molecule has 10 heteroatoms. The normalized spacial score (nSPS) is 22.2. The van der Waals surface area contributed by atoms with Crippen molar-refractivity contribution in [3.8, 4) is 0 Å². The van der Waals surface area contributed by atoms with Crippen LogP contribution in [0.3, 0.4) is 0 Å². The number of carboxylic acids is 1. The number of anilines is 1. The highest BCUT2D eigenvalue weighted by Crippen LogP contribution is 2.73. The Hall–Kier alpha value is -3.85. The van der Waals surface area contributed by atoms with Crippen molar-refractivity contribution in [2.24, 2.45) is 7.05 Å². The first-order valence-electron chi connectivity index (χ1n) is 12.9. The maximum Gasteiger partial charge on any atom is 0.356 e. The highest BCUT2D eigenvalue weighted by atomic mass is 35.5. The van der Waals surface area contributed by atoms with Crippen LogP contribution in [0, 0.1) is 20.8 Å². The predicted octanol–water partition coefficient (Wildman–Crippen LogP) is 4.94. The number of aromatic carboxylic acids is 1. The maximum atomic E-state index is 13.6. The molecule has 3 aromatic heterocycles. The van der Waals surface area contributed by atoms with Crippen molar-refractivity contribution in [3.05, 3.63) is 85.7 Å². The summed E-state index contributed by atoms with van der Waals surface area (Å²) in [6, 6.07) is 8.73. The topological polar surface area (TPSA) is 123 Å². The first kappa shape index (κ1) is 25.4. The number of fused-ring (bicyclic) bond motifs is 1. The lowest BCUT2D eigenvalue weighted by Crippen LogP contribution is -2.68. The Bertz CT molecular complexity index is 1720. The number of pyridine rings is 1. The second-order valence-electron chi connectivity index (χ2n) is 11.3. The first-order valence-corrected chi connectivity index (χ1v) is 13.3. The third-order valence-corrected chi connectivity index (χ3v) is 8.48. The molecule has 39 heavy (non-hydrogen) atoms. The van der Waals surface area contributed by atoms with Crippen molar-refractivity contribution >= 4 is 34.2 Å². The van der Waals surface area contributed by atoms with E-state index in [4.69, 9.17) is 21.6 Å². The number of aromatic nitrogens is 5. The quantitative estimate of drug-likeness (QED) is 0.327. The number of hydrogen-bond donors (Lipinski definition) is 2. The molecular formula is C29H29ClN6O3. The fraction of sp³-hybridized carbons (Fsp3) is 0.379. The van der Waals surface area contributed by atoms with Gasteiger partial charge in [0.25, 0.3) is 5.56 Å². The number of nitrogens with zero attached hydrogens (tertiary/aromatic N) is 5. The zero-order valence-electron chi connectivity index (χ0n) is 22.5. The summed E-state index contributed by atoms with van der Waals surface area (Å²) in [4.78, 5) is 43.7. The van der Waals surface area contributed by atoms with Crippen molar-refractivity contribution in [1.29, 1.82) is 0 Å². The summed E-state index contributed by atoms with van der Waals surface area (Å²) in [5, 5.41) is 13.5. The van der Waals surface area contributed by atoms with E-state index in [1.54, 1.807) is 23.7 Å². The molecule has 0 radical (unpaired) electrons. The van der Waals surface area contributed by atoms with Gasteiger partial charge in [-0.15, -0.1) is 0 Å². The summed E-state index contributed by atoms with van der Waals surface area (Å²) >= 11 is 5.94. The lowest BCUT2D eigenvalue weighted by Gasteiger charge is -2.69. The Morgan fingerprint density at radius 3 is 2.44 bits per heavy atom. The average molecular weight is 545 g/mol. The van der Waals surface area contributed by atoms with E-state index >= 15 is 0 Å². The van der Waals surface area contributed by atoms with Crippen LogP contribution in [0.5, 0.6) is 0 Å². The molecule has 3 aliphatic rings. The second kappa shape index (κ2) is 8.58.